The lowest BCUT2D eigenvalue weighted by atomic mass is 9.86. The van der Waals surface area contributed by atoms with E-state index in [-0.39, 0.29) is 23.8 Å². The molecule has 0 aromatic heterocycles. The highest BCUT2D eigenvalue weighted by atomic mass is 16.5. The third-order valence-electron chi connectivity index (χ3n) is 5.32. The Morgan fingerprint density at radius 3 is 2.21 bits per heavy atom. The van der Waals surface area contributed by atoms with Crippen molar-refractivity contribution in [1.82, 2.24) is 5.32 Å². The number of nitrogens with one attached hydrogen (secondary N) is 1. The molecule has 3 aliphatic rings. The lowest BCUT2D eigenvalue weighted by Crippen LogP contribution is -2.40. The van der Waals surface area contributed by atoms with E-state index in [1.54, 1.807) is 0 Å². The number of fused-ring (bicyclic) bond motifs is 1. The Balaban J connectivity index is 1.43. The molecule has 3 fully saturated rings. The fourth-order valence-corrected chi connectivity index (χ4v) is 4.15. The van der Waals surface area contributed by atoms with Crippen LogP contribution in [0, 0.1) is 23.7 Å². The van der Waals surface area contributed by atoms with E-state index < -0.39 is 0 Å². The first kappa shape index (κ1) is 12.9. The maximum Gasteiger partial charge on any atom is 0.308 e. The summed E-state index contributed by atoms with van der Waals surface area (Å²) in [6, 6.07) is 0.273. The minimum absolute atomic E-state index is 0.0402. The van der Waals surface area contributed by atoms with E-state index in [2.05, 4.69) is 5.32 Å². The van der Waals surface area contributed by atoms with Crippen molar-refractivity contribution in [2.24, 2.45) is 23.7 Å². The van der Waals surface area contributed by atoms with Gasteiger partial charge in [-0.3, -0.25) is 9.59 Å². The van der Waals surface area contributed by atoms with Gasteiger partial charge in [-0.25, -0.2) is 0 Å². The minimum Gasteiger partial charge on any atom is -0.469 e. The monoisotopic (exact) mass is 265 g/mol. The Hall–Kier alpha value is -1.06. The van der Waals surface area contributed by atoms with Gasteiger partial charge in [0, 0.05) is 12.0 Å². The first-order chi connectivity index (χ1) is 9.20. The quantitative estimate of drug-likeness (QED) is 0.793. The first-order valence-corrected chi connectivity index (χ1v) is 7.59. The third kappa shape index (κ3) is 2.49. The summed E-state index contributed by atoms with van der Waals surface area (Å²) in [6.07, 6.45) is 7.31. The fourth-order valence-electron chi connectivity index (χ4n) is 4.15. The molecule has 0 bridgehead atoms. The van der Waals surface area contributed by atoms with Crippen molar-refractivity contribution in [3.63, 3.8) is 0 Å². The first-order valence-electron chi connectivity index (χ1n) is 7.59. The summed E-state index contributed by atoms with van der Waals surface area (Å²) in [7, 11) is 1.45. The summed E-state index contributed by atoms with van der Waals surface area (Å²) in [5, 5.41) is 3.20. The maximum atomic E-state index is 12.2. The molecule has 0 aromatic carbocycles. The largest absolute Gasteiger partial charge is 0.469 e. The van der Waals surface area contributed by atoms with Gasteiger partial charge < -0.3 is 10.1 Å². The van der Waals surface area contributed by atoms with E-state index in [1.807, 2.05) is 0 Å². The van der Waals surface area contributed by atoms with Crippen LogP contribution in [0.3, 0.4) is 0 Å². The summed E-state index contributed by atoms with van der Waals surface area (Å²) in [5.74, 6) is 1.90. The summed E-state index contributed by atoms with van der Waals surface area (Å²) in [5.41, 5.74) is 0. The highest BCUT2D eigenvalue weighted by Crippen LogP contribution is 2.57. The van der Waals surface area contributed by atoms with Gasteiger partial charge in [-0.1, -0.05) is 6.42 Å². The van der Waals surface area contributed by atoms with Crippen LogP contribution in [0.15, 0.2) is 0 Å². The average Bonchev–Trinajstić information content (AvgIpc) is 2.92. The second-order valence-electron chi connectivity index (χ2n) is 6.36. The van der Waals surface area contributed by atoms with Gasteiger partial charge in [-0.2, -0.15) is 0 Å². The molecule has 106 valence electrons. The van der Waals surface area contributed by atoms with Crippen LogP contribution in [-0.2, 0) is 14.3 Å². The van der Waals surface area contributed by atoms with E-state index in [0.29, 0.717) is 17.8 Å². The molecular formula is C15H23NO3. The number of amides is 1. The number of hydrogen-bond acceptors (Lipinski definition) is 3. The topological polar surface area (TPSA) is 55.4 Å². The van der Waals surface area contributed by atoms with Crippen molar-refractivity contribution in [2.75, 3.05) is 7.11 Å². The van der Waals surface area contributed by atoms with Gasteiger partial charge in [0.05, 0.1) is 13.0 Å². The lowest BCUT2D eigenvalue weighted by molar-refractivity contribution is -0.146. The third-order valence-corrected chi connectivity index (χ3v) is 5.32. The normalized spacial score (nSPS) is 40.4. The van der Waals surface area contributed by atoms with E-state index in [9.17, 15) is 9.59 Å². The zero-order valence-corrected chi connectivity index (χ0v) is 11.6. The Labute approximate surface area is 114 Å². The number of esters is 1. The second kappa shape index (κ2) is 5.14. The molecule has 0 radical (unpaired) electrons. The molecule has 0 spiro atoms. The van der Waals surface area contributed by atoms with E-state index in [4.69, 9.17) is 4.74 Å². The number of hydrogen-bond donors (Lipinski definition) is 1. The molecule has 0 aromatic rings. The van der Waals surface area contributed by atoms with Crippen LogP contribution in [0.2, 0.25) is 0 Å². The number of rotatable bonds is 3. The van der Waals surface area contributed by atoms with Crippen molar-refractivity contribution in [3.05, 3.63) is 0 Å². The lowest BCUT2D eigenvalue weighted by Gasteiger charge is -2.27. The molecule has 0 saturated heterocycles. The Morgan fingerprint density at radius 2 is 1.63 bits per heavy atom. The molecule has 19 heavy (non-hydrogen) atoms. The smallest absolute Gasteiger partial charge is 0.308 e. The van der Waals surface area contributed by atoms with Gasteiger partial charge in [0.25, 0.3) is 0 Å². The van der Waals surface area contributed by atoms with Crippen LogP contribution in [0.5, 0.6) is 0 Å². The molecule has 1 N–H and O–H groups in total. The van der Waals surface area contributed by atoms with Gasteiger partial charge in [-0.15, -0.1) is 0 Å². The summed E-state index contributed by atoms with van der Waals surface area (Å²) >= 11 is 0. The average molecular weight is 265 g/mol. The Bertz CT molecular complexity index is 364. The number of methoxy groups -OCH3 is 1. The van der Waals surface area contributed by atoms with E-state index >= 15 is 0 Å². The molecule has 2 unspecified atom stereocenters. The molecular weight excluding hydrogens is 242 g/mol. The summed E-state index contributed by atoms with van der Waals surface area (Å²) < 4.78 is 4.78. The van der Waals surface area contributed by atoms with Crippen LogP contribution < -0.4 is 5.32 Å². The molecule has 2 atom stereocenters. The molecule has 4 heteroatoms. The maximum absolute atomic E-state index is 12.2. The standard InChI is InChI=1S/C15H23NO3/c1-19-15(18)9-5-7-10(8-6-9)16-14(17)13-11-3-2-4-12(11)13/h9-13H,2-8H2,1H3,(H,16,17). The molecule has 0 aliphatic heterocycles. The van der Waals surface area contributed by atoms with Crippen molar-refractivity contribution in [1.29, 1.82) is 0 Å². The molecule has 3 saturated carbocycles. The summed E-state index contributed by atoms with van der Waals surface area (Å²) in [4.78, 5) is 23.6. The minimum atomic E-state index is -0.0958. The number of ether oxygens (including phenoxy) is 1. The fraction of sp³-hybridized carbons (Fsp3) is 0.867. The predicted octanol–water partition coefficient (Wildman–Crippen LogP) is 1.88. The predicted molar refractivity (Wildman–Crippen MR) is 70.2 cm³/mol. The highest BCUT2D eigenvalue weighted by Gasteiger charge is 2.56. The number of carbonyl (C=O) groups excluding carboxylic acids is 2. The second-order valence-corrected chi connectivity index (χ2v) is 6.36. The SMILES string of the molecule is COC(=O)C1CCC(NC(=O)C2C3CCCC32)CC1. The van der Waals surface area contributed by atoms with Crippen LogP contribution >= 0.6 is 0 Å². The van der Waals surface area contributed by atoms with Crippen LogP contribution in [0.1, 0.15) is 44.9 Å². The Kier molecular flexibility index (Phi) is 3.50. The van der Waals surface area contributed by atoms with Gasteiger partial charge >= 0.3 is 5.97 Å². The van der Waals surface area contributed by atoms with E-state index in [1.165, 1.54) is 26.4 Å². The van der Waals surface area contributed by atoms with Gasteiger partial charge in [0.15, 0.2) is 0 Å². The van der Waals surface area contributed by atoms with Crippen LogP contribution in [0.25, 0.3) is 0 Å². The van der Waals surface area contributed by atoms with Crippen LogP contribution in [-0.4, -0.2) is 25.0 Å². The molecule has 1 amide bonds. The van der Waals surface area contributed by atoms with Crippen molar-refractivity contribution in [2.45, 2.75) is 51.0 Å². The summed E-state index contributed by atoms with van der Waals surface area (Å²) in [6.45, 7) is 0. The Morgan fingerprint density at radius 1 is 1.00 bits per heavy atom. The van der Waals surface area contributed by atoms with Gasteiger partial charge in [-0.05, 0) is 50.4 Å². The molecule has 3 rings (SSSR count). The zero-order chi connectivity index (χ0) is 13.4. The van der Waals surface area contributed by atoms with Crippen LogP contribution in [0.4, 0.5) is 0 Å². The van der Waals surface area contributed by atoms with Crippen molar-refractivity contribution < 1.29 is 14.3 Å². The highest BCUT2D eigenvalue weighted by molar-refractivity contribution is 5.82. The molecule has 4 nitrogen and oxygen atoms in total. The van der Waals surface area contributed by atoms with Gasteiger partial charge in [0.2, 0.25) is 5.91 Å². The molecule has 3 aliphatic carbocycles. The van der Waals surface area contributed by atoms with Gasteiger partial charge in [0.1, 0.15) is 0 Å². The zero-order valence-electron chi connectivity index (χ0n) is 11.6. The van der Waals surface area contributed by atoms with Crippen molar-refractivity contribution in [3.8, 4) is 0 Å². The number of carbonyl (C=O) groups is 2. The van der Waals surface area contributed by atoms with E-state index in [0.717, 1.165) is 25.7 Å². The van der Waals surface area contributed by atoms with Crippen molar-refractivity contribution >= 4 is 11.9 Å². The molecule has 0 heterocycles.